The van der Waals surface area contributed by atoms with Gasteiger partial charge in [0.25, 0.3) is 0 Å². The van der Waals surface area contributed by atoms with Crippen LogP contribution in [0.5, 0.6) is 5.75 Å². The second-order valence-corrected chi connectivity index (χ2v) is 6.35. The van der Waals surface area contributed by atoms with Crippen LogP contribution in [0.25, 0.3) is 0 Å². The second-order valence-electron chi connectivity index (χ2n) is 4.53. The van der Waals surface area contributed by atoms with Gasteiger partial charge in [0.2, 0.25) is 0 Å². The minimum absolute atomic E-state index is 0.0620. The molecule has 0 fully saturated rings. The summed E-state index contributed by atoms with van der Waals surface area (Å²) >= 11 is 6.00. The number of ether oxygens (including phenoxy) is 1. The van der Waals surface area contributed by atoms with E-state index in [0.717, 1.165) is 5.56 Å². The quantitative estimate of drug-likeness (QED) is 0.789. The molecule has 0 spiro atoms. The monoisotopic (exact) mass is 322 g/mol. The first-order valence-corrected chi connectivity index (χ1v) is 8.03. The van der Waals surface area contributed by atoms with Gasteiger partial charge in [0.05, 0.1) is 28.7 Å². The highest BCUT2D eigenvalue weighted by atomic mass is 35.5. The number of hydrogen-bond donors (Lipinski definition) is 0. The maximum Gasteiger partial charge on any atom is 0.175 e. The van der Waals surface area contributed by atoms with Gasteiger partial charge in [-0.25, -0.2) is 0 Å². The Morgan fingerprint density at radius 1 is 1.24 bits per heavy atom. The van der Waals surface area contributed by atoms with Gasteiger partial charge in [-0.1, -0.05) is 29.8 Å². The molecule has 0 saturated carbocycles. The molecule has 1 unspecified atom stereocenters. The van der Waals surface area contributed by atoms with Crippen molar-refractivity contribution in [3.8, 4) is 5.75 Å². The number of methoxy groups -OCH3 is 1. The summed E-state index contributed by atoms with van der Waals surface area (Å²) in [6, 6.07) is 12.1. The SMILES string of the molecule is COc1ccc(C(=O)CS(=O)c2ccccc2C)cc1Cl. The van der Waals surface area contributed by atoms with Crippen LogP contribution in [-0.2, 0) is 10.8 Å². The van der Waals surface area contributed by atoms with Crippen molar-refractivity contribution >= 4 is 28.2 Å². The molecule has 0 N–H and O–H groups in total. The van der Waals surface area contributed by atoms with Crippen molar-refractivity contribution in [1.29, 1.82) is 0 Å². The van der Waals surface area contributed by atoms with Crippen LogP contribution < -0.4 is 4.74 Å². The van der Waals surface area contributed by atoms with Crippen LogP contribution in [0.3, 0.4) is 0 Å². The number of hydrogen-bond acceptors (Lipinski definition) is 3. The molecular formula is C16H15ClO3S. The molecule has 2 aromatic carbocycles. The van der Waals surface area contributed by atoms with E-state index in [1.54, 1.807) is 18.2 Å². The van der Waals surface area contributed by atoms with Crippen LogP contribution in [0.1, 0.15) is 15.9 Å². The van der Waals surface area contributed by atoms with E-state index in [-0.39, 0.29) is 11.5 Å². The number of rotatable bonds is 5. The number of Topliss-reactive ketones (excluding diaryl/α,β-unsaturated/α-hetero) is 1. The topological polar surface area (TPSA) is 43.4 Å². The zero-order valence-electron chi connectivity index (χ0n) is 11.8. The fraction of sp³-hybridized carbons (Fsp3) is 0.188. The summed E-state index contributed by atoms with van der Waals surface area (Å²) in [7, 11) is 0.147. The van der Waals surface area contributed by atoms with Gasteiger partial charge in [-0.3, -0.25) is 9.00 Å². The Labute approximate surface area is 131 Å². The zero-order chi connectivity index (χ0) is 15.4. The molecule has 0 aliphatic rings. The summed E-state index contributed by atoms with van der Waals surface area (Å²) in [6.07, 6.45) is 0. The summed E-state index contributed by atoms with van der Waals surface area (Å²) in [5.41, 5.74) is 1.35. The Morgan fingerprint density at radius 3 is 2.57 bits per heavy atom. The van der Waals surface area contributed by atoms with Crippen molar-refractivity contribution in [1.82, 2.24) is 0 Å². The predicted octanol–water partition coefficient (Wildman–Crippen LogP) is 3.65. The van der Waals surface area contributed by atoms with Crippen molar-refractivity contribution in [3.63, 3.8) is 0 Å². The van der Waals surface area contributed by atoms with Gasteiger partial charge in [-0.2, -0.15) is 0 Å². The number of carbonyl (C=O) groups excluding carboxylic acids is 1. The molecule has 110 valence electrons. The first-order valence-electron chi connectivity index (χ1n) is 6.33. The van der Waals surface area contributed by atoms with E-state index in [9.17, 15) is 9.00 Å². The van der Waals surface area contributed by atoms with Gasteiger partial charge >= 0.3 is 0 Å². The summed E-state index contributed by atoms with van der Waals surface area (Å²) in [6.45, 7) is 1.88. The van der Waals surface area contributed by atoms with Crippen molar-refractivity contribution in [2.24, 2.45) is 0 Å². The van der Waals surface area contributed by atoms with Gasteiger partial charge in [0, 0.05) is 10.5 Å². The highest BCUT2D eigenvalue weighted by Crippen LogP contribution is 2.25. The lowest BCUT2D eigenvalue weighted by atomic mass is 10.1. The van der Waals surface area contributed by atoms with Crippen molar-refractivity contribution < 1.29 is 13.7 Å². The second kappa shape index (κ2) is 6.87. The molecular weight excluding hydrogens is 308 g/mol. The molecule has 0 aromatic heterocycles. The average molecular weight is 323 g/mol. The van der Waals surface area contributed by atoms with E-state index in [2.05, 4.69) is 0 Å². The Bertz CT molecular complexity index is 698. The molecule has 3 nitrogen and oxygen atoms in total. The third-order valence-corrected chi connectivity index (χ3v) is 4.84. The van der Waals surface area contributed by atoms with Gasteiger partial charge in [-0.05, 0) is 36.8 Å². The maximum atomic E-state index is 12.3. The van der Waals surface area contributed by atoms with Crippen LogP contribution in [0.15, 0.2) is 47.4 Å². The Balaban J connectivity index is 2.17. The molecule has 2 rings (SSSR count). The van der Waals surface area contributed by atoms with E-state index in [1.165, 1.54) is 13.2 Å². The van der Waals surface area contributed by atoms with E-state index in [0.29, 0.717) is 21.2 Å². The highest BCUT2D eigenvalue weighted by molar-refractivity contribution is 7.85. The predicted molar refractivity (Wildman–Crippen MR) is 84.8 cm³/mol. The van der Waals surface area contributed by atoms with Crippen molar-refractivity contribution in [2.45, 2.75) is 11.8 Å². The lowest BCUT2D eigenvalue weighted by Crippen LogP contribution is -2.12. The summed E-state index contributed by atoms with van der Waals surface area (Å²) in [5.74, 6) is 0.238. The summed E-state index contributed by atoms with van der Waals surface area (Å²) in [4.78, 5) is 12.9. The number of ketones is 1. The number of halogens is 1. The number of carbonyl (C=O) groups is 1. The van der Waals surface area contributed by atoms with Crippen LogP contribution in [0.2, 0.25) is 5.02 Å². The molecule has 0 saturated heterocycles. The molecule has 0 radical (unpaired) electrons. The van der Waals surface area contributed by atoms with E-state index in [1.807, 2.05) is 25.1 Å². The first kappa shape index (κ1) is 15.7. The molecule has 0 heterocycles. The van der Waals surface area contributed by atoms with Crippen molar-refractivity contribution in [3.05, 3.63) is 58.6 Å². The van der Waals surface area contributed by atoms with Gasteiger partial charge in [-0.15, -0.1) is 0 Å². The van der Waals surface area contributed by atoms with Crippen LogP contribution in [-0.4, -0.2) is 22.9 Å². The first-order chi connectivity index (χ1) is 10.0. The fourth-order valence-electron chi connectivity index (χ4n) is 1.93. The van der Waals surface area contributed by atoms with E-state index >= 15 is 0 Å². The fourth-order valence-corrected chi connectivity index (χ4v) is 3.41. The van der Waals surface area contributed by atoms with Crippen LogP contribution >= 0.6 is 11.6 Å². The molecule has 0 bridgehead atoms. The van der Waals surface area contributed by atoms with Gasteiger partial charge in [0.15, 0.2) is 5.78 Å². The molecule has 0 aliphatic carbocycles. The molecule has 2 aromatic rings. The average Bonchev–Trinajstić information content (AvgIpc) is 2.47. The molecule has 21 heavy (non-hydrogen) atoms. The van der Waals surface area contributed by atoms with E-state index < -0.39 is 10.8 Å². The Hall–Kier alpha value is -1.65. The summed E-state index contributed by atoms with van der Waals surface area (Å²) < 4.78 is 17.3. The standard InChI is InChI=1S/C16H15ClO3S/c1-11-5-3-4-6-16(11)21(19)10-14(18)12-7-8-15(20-2)13(17)9-12/h3-9H,10H2,1-2H3. The molecule has 1 atom stereocenters. The highest BCUT2D eigenvalue weighted by Gasteiger charge is 2.15. The molecule has 5 heteroatoms. The Kier molecular flexibility index (Phi) is 5.15. The zero-order valence-corrected chi connectivity index (χ0v) is 13.3. The lowest BCUT2D eigenvalue weighted by molar-refractivity contribution is 0.102. The molecule has 0 aliphatic heterocycles. The summed E-state index contributed by atoms with van der Waals surface area (Å²) in [5, 5.41) is 0.366. The Morgan fingerprint density at radius 2 is 1.95 bits per heavy atom. The van der Waals surface area contributed by atoms with Gasteiger partial charge in [0.1, 0.15) is 5.75 Å². The molecule has 0 amide bonds. The lowest BCUT2D eigenvalue weighted by Gasteiger charge is -2.07. The van der Waals surface area contributed by atoms with Crippen molar-refractivity contribution in [2.75, 3.05) is 12.9 Å². The van der Waals surface area contributed by atoms with E-state index in [4.69, 9.17) is 16.3 Å². The van der Waals surface area contributed by atoms with Crippen LogP contribution in [0.4, 0.5) is 0 Å². The third-order valence-electron chi connectivity index (χ3n) is 3.07. The smallest absolute Gasteiger partial charge is 0.175 e. The van der Waals surface area contributed by atoms with Gasteiger partial charge < -0.3 is 4.74 Å². The maximum absolute atomic E-state index is 12.3. The number of benzene rings is 2. The minimum atomic E-state index is -1.36. The van der Waals surface area contributed by atoms with Crippen LogP contribution in [0, 0.1) is 6.92 Å². The third kappa shape index (κ3) is 3.71. The normalized spacial score (nSPS) is 12.0. The number of aryl methyl sites for hydroxylation is 1. The minimum Gasteiger partial charge on any atom is -0.495 e. The largest absolute Gasteiger partial charge is 0.495 e.